The van der Waals surface area contributed by atoms with E-state index in [1.165, 1.54) is 6.42 Å². The average Bonchev–Trinajstić information content (AvgIpc) is 2.63. The van der Waals surface area contributed by atoms with Crippen LogP contribution >= 0.6 is 15.9 Å². The van der Waals surface area contributed by atoms with Crippen LogP contribution < -0.4 is 0 Å². The zero-order valence-electron chi connectivity index (χ0n) is 12.8. The maximum Gasteiger partial charge on any atom is 0.224 e. The third-order valence-electron chi connectivity index (χ3n) is 4.31. The fourth-order valence-electron chi connectivity index (χ4n) is 3.14. The van der Waals surface area contributed by atoms with Gasteiger partial charge >= 0.3 is 0 Å². The molecule has 0 saturated carbocycles. The molecule has 0 bridgehead atoms. The molecule has 20 heavy (non-hydrogen) atoms. The SMILES string of the molecule is Cc1nn(CCC(=O)N2[C@H](C)CCC[C@@H]2C)c(C)c1Br. The van der Waals surface area contributed by atoms with Crippen LogP contribution in [-0.4, -0.2) is 32.7 Å². The fraction of sp³-hybridized carbons (Fsp3) is 0.733. The van der Waals surface area contributed by atoms with Crippen LogP contribution in [0.1, 0.15) is 50.9 Å². The van der Waals surface area contributed by atoms with Crippen molar-refractivity contribution in [3.8, 4) is 0 Å². The van der Waals surface area contributed by atoms with Crippen LogP contribution in [0.2, 0.25) is 0 Å². The molecule has 1 aromatic heterocycles. The van der Waals surface area contributed by atoms with E-state index >= 15 is 0 Å². The summed E-state index contributed by atoms with van der Waals surface area (Å²) >= 11 is 3.52. The smallest absolute Gasteiger partial charge is 0.224 e. The van der Waals surface area contributed by atoms with Crippen molar-refractivity contribution >= 4 is 21.8 Å². The molecule has 2 atom stereocenters. The van der Waals surface area contributed by atoms with E-state index in [1.807, 2.05) is 18.5 Å². The van der Waals surface area contributed by atoms with E-state index in [9.17, 15) is 4.79 Å². The quantitative estimate of drug-likeness (QED) is 0.844. The summed E-state index contributed by atoms with van der Waals surface area (Å²) in [5.41, 5.74) is 2.07. The van der Waals surface area contributed by atoms with Gasteiger partial charge in [0.25, 0.3) is 0 Å². The molecule has 0 radical (unpaired) electrons. The minimum atomic E-state index is 0.258. The topological polar surface area (TPSA) is 38.1 Å². The number of nitrogens with zero attached hydrogens (tertiary/aromatic N) is 3. The number of aryl methyl sites for hydroxylation is 2. The van der Waals surface area contributed by atoms with Gasteiger partial charge in [0.1, 0.15) is 0 Å². The predicted octanol–water partition coefficient (Wildman–Crippen LogP) is 3.44. The van der Waals surface area contributed by atoms with Gasteiger partial charge in [0.2, 0.25) is 5.91 Å². The molecule has 112 valence electrons. The van der Waals surface area contributed by atoms with E-state index < -0.39 is 0 Å². The molecule has 2 heterocycles. The van der Waals surface area contributed by atoms with Gasteiger partial charge in [0.15, 0.2) is 0 Å². The van der Waals surface area contributed by atoms with Crippen LogP contribution in [0.4, 0.5) is 0 Å². The van der Waals surface area contributed by atoms with Crippen molar-refractivity contribution in [2.45, 2.75) is 72.0 Å². The van der Waals surface area contributed by atoms with E-state index in [2.05, 4.69) is 39.8 Å². The first-order chi connectivity index (χ1) is 9.41. The van der Waals surface area contributed by atoms with Crippen LogP contribution in [0, 0.1) is 13.8 Å². The number of hydrogen-bond acceptors (Lipinski definition) is 2. The molecule has 1 aliphatic heterocycles. The molecular formula is C15H24BrN3O. The van der Waals surface area contributed by atoms with Gasteiger partial charge in [-0.25, -0.2) is 0 Å². The zero-order valence-corrected chi connectivity index (χ0v) is 14.4. The minimum Gasteiger partial charge on any atom is -0.337 e. The van der Waals surface area contributed by atoms with E-state index in [1.54, 1.807) is 0 Å². The summed E-state index contributed by atoms with van der Waals surface area (Å²) in [6, 6.07) is 0.747. The van der Waals surface area contributed by atoms with E-state index in [-0.39, 0.29) is 5.91 Å². The Morgan fingerprint density at radius 1 is 1.30 bits per heavy atom. The van der Waals surface area contributed by atoms with Crippen molar-refractivity contribution in [3.05, 3.63) is 15.9 Å². The van der Waals surface area contributed by atoms with Gasteiger partial charge in [-0.1, -0.05) is 0 Å². The van der Waals surface area contributed by atoms with Gasteiger partial charge in [0, 0.05) is 24.2 Å². The zero-order chi connectivity index (χ0) is 14.9. The Morgan fingerprint density at radius 3 is 2.40 bits per heavy atom. The van der Waals surface area contributed by atoms with Crippen LogP contribution in [0.15, 0.2) is 4.47 Å². The first-order valence-electron chi connectivity index (χ1n) is 7.42. The van der Waals surface area contributed by atoms with Gasteiger partial charge in [-0.15, -0.1) is 0 Å². The van der Waals surface area contributed by atoms with Gasteiger partial charge in [-0.2, -0.15) is 5.10 Å². The third-order valence-corrected chi connectivity index (χ3v) is 5.46. The highest BCUT2D eigenvalue weighted by Gasteiger charge is 2.28. The van der Waals surface area contributed by atoms with Crippen LogP contribution in [0.3, 0.4) is 0 Å². The van der Waals surface area contributed by atoms with Gasteiger partial charge in [0.05, 0.1) is 16.7 Å². The third kappa shape index (κ3) is 3.08. The number of likely N-dealkylation sites (tertiary alicyclic amines) is 1. The molecule has 0 aliphatic carbocycles. The monoisotopic (exact) mass is 341 g/mol. The first-order valence-corrected chi connectivity index (χ1v) is 8.21. The summed E-state index contributed by atoms with van der Waals surface area (Å²) in [6.45, 7) is 8.98. The molecule has 1 aliphatic rings. The maximum absolute atomic E-state index is 12.5. The van der Waals surface area contributed by atoms with Crippen molar-refractivity contribution in [1.82, 2.24) is 14.7 Å². The van der Waals surface area contributed by atoms with Crippen molar-refractivity contribution < 1.29 is 4.79 Å². The second kappa shape index (κ2) is 6.29. The summed E-state index contributed by atoms with van der Waals surface area (Å²) in [4.78, 5) is 14.5. The van der Waals surface area contributed by atoms with Gasteiger partial charge < -0.3 is 4.90 Å². The Kier molecular flexibility index (Phi) is 4.89. The molecule has 1 aromatic rings. The molecule has 1 saturated heterocycles. The van der Waals surface area contributed by atoms with Crippen LogP contribution in [0.25, 0.3) is 0 Å². The maximum atomic E-state index is 12.5. The molecule has 0 aromatic carbocycles. The summed E-state index contributed by atoms with van der Waals surface area (Å²) in [5.74, 6) is 0.258. The number of piperidine rings is 1. The highest BCUT2D eigenvalue weighted by Crippen LogP contribution is 2.24. The number of halogens is 1. The van der Waals surface area contributed by atoms with Gasteiger partial charge in [-0.05, 0) is 62.9 Å². The fourth-order valence-corrected chi connectivity index (χ4v) is 3.42. The lowest BCUT2D eigenvalue weighted by Gasteiger charge is -2.39. The number of hydrogen-bond donors (Lipinski definition) is 0. The highest BCUT2D eigenvalue weighted by atomic mass is 79.9. The standard InChI is InChI=1S/C15H24BrN3O/c1-10-6-5-7-11(2)19(10)14(20)8-9-18-13(4)15(16)12(3)17-18/h10-11H,5-9H2,1-4H3/t10-,11+. The van der Waals surface area contributed by atoms with Crippen LogP contribution in [-0.2, 0) is 11.3 Å². The Balaban J connectivity index is 1.99. The van der Waals surface area contributed by atoms with E-state index in [4.69, 9.17) is 0 Å². The molecule has 1 fully saturated rings. The number of aromatic nitrogens is 2. The Bertz CT molecular complexity index is 488. The molecule has 0 spiro atoms. The normalized spacial score (nSPS) is 23.1. The molecule has 0 N–H and O–H groups in total. The lowest BCUT2D eigenvalue weighted by atomic mass is 9.97. The van der Waals surface area contributed by atoms with Gasteiger partial charge in [-0.3, -0.25) is 9.48 Å². The van der Waals surface area contributed by atoms with E-state index in [0.29, 0.717) is 25.0 Å². The molecule has 0 unspecified atom stereocenters. The number of carbonyl (C=O) groups is 1. The lowest BCUT2D eigenvalue weighted by molar-refractivity contribution is -0.137. The molecular weight excluding hydrogens is 318 g/mol. The van der Waals surface area contributed by atoms with Crippen molar-refractivity contribution in [2.24, 2.45) is 0 Å². The average molecular weight is 342 g/mol. The second-order valence-corrected chi connectivity index (χ2v) is 6.68. The molecule has 4 nitrogen and oxygen atoms in total. The molecule has 5 heteroatoms. The predicted molar refractivity (Wildman–Crippen MR) is 83.6 cm³/mol. The van der Waals surface area contributed by atoms with Crippen molar-refractivity contribution in [2.75, 3.05) is 0 Å². The Hall–Kier alpha value is -0.840. The molecule has 1 amide bonds. The highest BCUT2D eigenvalue weighted by molar-refractivity contribution is 9.10. The van der Waals surface area contributed by atoms with Crippen molar-refractivity contribution in [1.29, 1.82) is 0 Å². The number of carbonyl (C=O) groups excluding carboxylic acids is 1. The van der Waals surface area contributed by atoms with Crippen LogP contribution in [0.5, 0.6) is 0 Å². The van der Waals surface area contributed by atoms with Crippen molar-refractivity contribution in [3.63, 3.8) is 0 Å². The first kappa shape index (κ1) is 15.5. The second-order valence-electron chi connectivity index (χ2n) is 5.89. The summed E-state index contributed by atoms with van der Waals surface area (Å²) in [5, 5.41) is 4.46. The Morgan fingerprint density at radius 2 is 1.90 bits per heavy atom. The van der Waals surface area contributed by atoms with E-state index in [0.717, 1.165) is 28.7 Å². The summed E-state index contributed by atoms with van der Waals surface area (Å²) in [7, 11) is 0. The molecule has 2 rings (SSSR count). The Labute approximate surface area is 129 Å². The number of amides is 1. The largest absolute Gasteiger partial charge is 0.337 e. The number of rotatable bonds is 3. The lowest BCUT2D eigenvalue weighted by Crippen LogP contribution is -2.47. The minimum absolute atomic E-state index is 0.258. The summed E-state index contributed by atoms with van der Waals surface area (Å²) < 4.78 is 2.97. The summed E-state index contributed by atoms with van der Waals surface area (Å²) in [6.07, 6.45) is 4.02.